The quantitative estimate of drug-likeness (QED) is 0.441. The maximum atomic E-state index is 11.1. The number of rotatable bonds is 6. The van der Waals surface area contributed by atoms with E-state index in [0.29, 0.717) is 18.3 Å². The molecule has 9 heteroatoms. The molecule has 0 spiro atoms. The van der Waals surface area contributed by atoms with Crippen molar-refractivity contribution < 1.29 is 14.4 Å². The summed E-state index contributed by atoms with van der Waals surface area (Å²) in [5.74, 6) is -0.00896. The molecule has 0 atom stereocenters. The van der Waals surface area contributed by atoms with Crippen LogP contribution in [0.4, 0.5) is 0 Å². The van der Waals surface area contributed by atoms with Gasteiger partial charge in [-0.05, 0) is 79.8 Å². The number of carbonyl (C=O) groups is 1. The van der Waals surface area contributed by atoms with E-state index >= 15 is 0 Å². The third-order valence-corrected chi connectivity index (χ3v) is 7.01. The Bertz CT molecular complexity index is 1400. The minimum Gasteiger partial charge on any atom is -0.476 e. The zero-order valence-corrected chi connectivity index (χ0v) is 20.8. The maximum absolute atomic E-state index is 11.1. The molecule has 0 saturated carbocycles. The summed E-state index contributed by atoms with van der Waals surface area (Å²) >= 11 is 0. The predicted octanol–water partition coefficient (Wildman–Crippen LogP) is 4.41. The number of benzene rings is 1. The summed E-state index contributed by atoms with van der Waals surface area (Å²) < 4.78 is 9.30. The van der Waals surface area contributed by atoms with Crippen molar-refractivity contribution in [3.8, 4) is 23.0 Å². The minimum absolute atomic E-state index is 0.0552. The van der Waals surface area contributed by atoms with Gasteiger partial charge in [0.1, 0.15) is 0 Å². The molecular formula is C26H30N6O3. The zero-order chi connectivity index (χ0) is 24.9. The van der Waals surface area contributed by atoms with Gasteiger partial charge in [-0.2, -0.15) is 15.2 Å². The number of hydrogen-bond donors (Lipinski definition) is 1. The molecule has 4 aromatic rings. The van der Waals surface area contributed by atoms with E-state index in [0.717, 1.165) is 48.1 Å². The molecule has 35 heavy (non-hydrogen) atoms. The summed E-state index contributed by atoms with van der Waals surface area (Å²) in [6.45, 7) is 9.32. The second kappa shape index (κ2) is 8.48. The second-order valence-electron chi connectivity index (χ2n) is 10.3. The Morgan fingerprint density at radius 3 is 2.63 bits per heavy atom. The van der Waals surface area contributed by atoms with Gasteiger partial charge in [0.2, 0.25) is 5.82 Å². The smallest absolute Gasteiger partial charge is 0.356 e. The molecule has 0 fully saturated rings. The summed E-state index contributed by atoms with van der Waals surface area (Å²) in [4.78, 5) is 15.8. The Morgan fingerprint density at radius 2 is 1.94 bits per heavy atom. The molecule has 3 aromatic heterocycles. The fraction of sp³-hybridized carbons (Fsp3) is 0.423. The van der Waals surface area contributed by atoms with Crippen LogP contribution in [-0.2, 0) is 32.9 Å². The van der Waals surface area contributed by atoms with Crippen molar-refractivity contribution in [2.24, 2.45) is 12.5 Å². The van der Waals surface area contributed by atoms with E-state index in [9.17, 15) is 4.79 Å². The van der Waals surface area contributed by atoms with Gasteiger partial charge in [0.25, 0.3) is 5.89 Å². The molecule has 0 unspecified atom stereocenters. The van der Waals surface area contributed by atoms with Crippen molar-refractivity contribution in [3.05, 3.63) is 58.0 Å². The average molecular weight is 475 g/mol. The number of nitrogens with zero attached hydrogens (tertiary/aromatic N) is 6. The van der Waals surface area contributed by atoms with Crippen LogP contribution in [0.25, 0.3) is 23.0 Å². The highest BCUT2D eigenvalue weighted by atomic mass is 16.5. The van der Waals surface area contributed by atoms with Crippen LogP contribution in [0.15, 0.2) is 28.9 Å². The summed E-state index contributed by atoms with van der Waals surface area (Å²) in [7, 11) is 1.98. The van der Waals surface area contributed by atoms with Crippen molar-refractivity contribution in [2.75, 3.05) is 0 Å². The summed E-state index contributed by atoms with van der Waals surface area (Å²) in [5.41, 5.74) is 7.92. The van der Waals surface area contributed by atoms with Crippen molar-refractivity contribution in [2.45, 2.75) is 59.9 Å². The third-order valence-electron chi connectivity index (χ3n) is 7.01. The average Bonchev–Trinajstić information content (AvgIpc) is 3.52. The Morgan fingerprint density at radius 1 is 1.20 bits per heavy atom. The normalized spacial score (nSPS) is 14.8. The van der Waals surface area contributed by atoms with E-state index in [4.69, 9.17) is 19.7 Å². The highest BCUT2D eigenvalue weighted by molar-refractivity contribution is 5.85. The second-order valence-corrected chi connectivity index (χ2v) is 10.3. The molecular weight excluding hydrogens is 444 g/mol. The van der Waals surface area contributed by atoms with Crippen LogP contribution >= 0.6 is 0 Å². The lowest BCUT2D eigenvalue weighted by molar-refractivity contribution is 0.0689. The topological polar surface area (TPSA) is 112 Å². The van der Waals surface area contributed by atoms with Crippen LogP contribution < -0.4 is 0 Å². The molecule has 0 saturated heterocycles. The van der Waals surface area contributed by atoms with Crippen LogP contribution in [-0.4, -0.2) is 40.8 Å². The lowest BCUT2D eigenvalue weighted by Gasteiger charge is -2.29. The number of hydrogen-bond acceptors (Lipinski definition) is 6. The SMILES string of the molecule is Cc1cc(-c2noc(-c3nn(C)c4c3CCC(C)(C)C4)n2)cc(C)c1CCn1ccc(C(=O)O)n1. The van der Waals surface area contributed by atoms with Crippen molar-refractivity contribution >= 4 is 5.97 Å². The fourth-order valence-corrected chi connectivity index (χ4v) is 5.04. The molecule has 0 radical (unpaired) electrons. The minimum atomic E-state index is -1.02. The molecule has 9 nitrogen and oxygen atoms in total. The first-order valence-electron chi connectivity index (χ1n) is 11.9. The summed E-state index contributed by atoms with van der Waals surface area (Å²) in [6, 6.07) is 5.65. The summed E-state index contributed by atoms with van der Waals surface area (Å²) in [6.07, 6.45) is 5.49. The van der Waals surface area contributed by atoms with Crippen LogP contribution in [0.5, 0.6) is 0 Å². The van der Waals surface area contributed by atoms with Gasteiger partial charge < -0.3 is 9.63 Å². The van der Waals surface area contributed by atoms with Crippen LogP contribution in [0.2, 0.25) is 0 Å². The molecule has 0 bridgehead atoms. The number of aromatic carboxylic acids is 1. The van der Waals surface area contributed by atoms with Gasteiger partial charge in [-0.25, -0.2) is 4.79 Å². The molecule has 5 rings (SSSR count). The number of carboxylic acid groups (broad SMARTS) is 1. The third kappa shape index (κ3) is 4.38. The monoisotopic (exact) mass is 474 g/mol. The molecule has 0 amide bonds. The van der Waals surface area contributed by atoms with Crippen LogP contribution in [0.3, 0.4) is 0 Å². The number of aromatic nitrogens is 6. The van der Waals surface area contributed by atoms with Crippen molar-refractivity contribution in [1.82, 2.24) is 29.7 Å². The first kappa shape index (κ1) is 23.0. The molecule has 1 N–H and O–H groups in total. The molecule has 3 heterocycles. The summed E-state index contributed by atoms with van der Waals surface area (Å²) in [5, 5.41) is 22.2. The van der Waals surface area contributed by atoms with E-state index in [1.165, 1.54) is 22.9 Å². The Hall–Kier alpha value is -3.75. The van der Waals surface area contributed by atoms with Gasteiger partial charge in [0.15, 0.2) is 11.4 Å². The van der Waals surface area contributed by atoms with Gasteiger partial charge in [0, 0.05) is 36.6 Å². The molecule has 1 aromatic carbocycles. The Labute approximate surface area is 203 Å². The number of carboxylic acids is 1. The van der Waals surface area contributed by atoms with Crippen LogP contribution in [0, 0.1) is 19.3 Å². The van der Waals surface area contributed by atoms with Gasteiger partial charge in [-0.3, -0.25) is 9.36 Å². The molecule has 182 valence electrons. The molecule has 0 aliphatic heterocycles. The molecule has 1 aliphatic carbocycles. The Balaban J connectivity index is 1.38. The van der Waals surface area contributed by atoms with Crippen molar-refractivity contribution in [1.29, 1.82) is 0 Å². The van der Waals surface area contributed by atoms with E-state index in [1.54, 1.807) is 10.9 Å². The van der Waals surface area contributed by atoms with Gasteiger partial charge in [0.05, 0.1) is 0 Å². The first-order chi connectivity index (χ1) is 16.6. The highest BCUT2D eigenvalue weighted by Gasteiger charge is 2.32. The predicted molar refractivity (Wildman–Crippen MR) is 130 cm³/mol. The van der Waals surface area contributed by atoms with Gasteiger partial charge in [-0.15, -0.1) is 0 Å². The largest absolute Gasteiger partial charge is 0.476 e. The van der Waals surface area contributed by atoms with E-state index in [1.807, 2.05) is 11.7 Å². The lowest BCUT2D eigenvalue weighted by Crippen LogP contribution is -2.23. The van der Waals surface area contributed by atoms with Gasteiger partial charge in [-0.1, -0.05) is 19.0 Å². The van der Waals surface area contributed by atoms with Crippen LogP contribution in [0.1, 0.15) is 58.7 Å². The first-order valence-corrected chi connectivity index (χ1v) is 11.9. The lowest BCUT2D eigenvalue weighted by atomic mass is 9.76. The van der Waals surface area contributed by atoms with E-state index < -0.39 is 5.97 Å². The van der Waals surface area contributed by atoms with Crippen molar-refractivity contribution in [3.63, 3.8) is 0 Å². The Kier molecular flexibility index (Phi) is 5.57. The van der Waals surface area contributed by atoms with E-state index in [-0.39, 0.29) is 11.1 Å². The van der Waals surface area contributed by atoms with Gasteiger partial charge >= 0.3 is 5.97 Å². The highest BCUT2D eigenvalue weighted by Crippen LogP contribution is 2.38. The standard InChI is InChI=1S/C26H30N6O3/c1-15-12-17(13-16(2)18(15)7-10-32-11-8-20(28-32)25(33)34)23-27-24(35-30-23)22-19-6-9-26(3,4)14-21(19)31(5)29-22/h8,11-13H,6-7,9-10,14H2,1-5H3,(H,33,34). The number of fused-ring (bicyclic) bond motifs is 1. The fourth-order valence-electron chi connectivity index (χ4n) is 5.04. The zero-order valence-electron chi connectivity index (χ0n) is 20.8. The van der Waals surface area contributed by atoms with E-state index in [2.05, 4.69) is 50.1 Å². The maximum Gasteiger partial charge on any atom is 0.356 e. The number of aryl methyl sites for hydroxylation is 4. The molecule has 1 aliphatic rings.